The van der Waals surface area contributed by atoms with Crippen molar-refractivity contribution >= 4 is 16.8 Å². The van der Waals surface area contributed by atoms with E-state index in [0.29, 0.717) is 11.5 Å². The smallest absolute Gasteiger partial charge is 0.326 e. The molecule has 0 atom stereocenters. The lowest BCUT2D eigenvalue weighted by Crippen LogP contribution is -2.21. The van der Waals surface area contributed by atoms with Gasteiger partial charge in [0.1, 0.15) is 11.5 Å². The number of hydrogen-bond donors (Lipinski definition) is 1. The van der Waals surface area contributed by atoms with Gasteiger partial charge in [-0.05, 0) is 18.9 Å². The van der Waals surface area contributed by atoms with Gasteiger partial charge >= 0.3 is 5.69 Å². The second kappa shape index (κ2) is 5.30. The number of aromatic nitrogens is 3. The summed E-state index contributed by atoms with van der Waals surface area (Å²) >= 11 is 0. The van der Waals surface area contributed by atoms with E-state index >= 15 is 0 Å². The fraction of sp³-hybridized carbons (Fsp3) is 0.429. The minimum absolute atomic E-state index is 0.0920. The first-order chi connectivity index (χ1) is 9.12. The maximum atomic E-state index is 12.1. The summed E-state index contributed by atoms with van der Waals surface area (Å²) in [5.74, 6) is 0.484. The summed E-state index contributed by atoms with van der Waals surface area (Å²) in [6.07, 6.45) is 3.52. The number of nitrogens with zero attached hydrogens (tertiary/aromatic N) is 2. The van der Waals surface area contributed by atoms with Crippen LogP contribution in [0.5, 0.6) is 0 Å². The molecule has 19 heavy (non-hydrogen) atoms. The Labute approximate surface area is 111 Å². The van der Waals surface area contributed by atoms with Crippen LogP contribution in [0.1, 0.15) is 38.4 Å². The van der Waals surface area contributed by atoms with Crippen molar-refractivity contribution in [2.75, 3.05) is 7.11 Å². The van der Waals surface area contributed by atoms with E-state index in [0.717, 1.165) is 23.9 Å². The van der Waals surface area contributed by atoms with Gasteiger partial charge in [-0.15, -0.1) is 0 Å². The summed E-state index contributed by atoms with van der Waals surface area (Å²) in [7, 11) is 1.55. The molecule has 5 nitrogen and oxygen atoms in total. The van der Waals surface area contributed by atoms with E-state index in [2.05, 4.69) is 30.4 Å². The van der Waals surface area contributed by atoms with Crippen LogP contribution in [0.3, 0.4) is 0 Å². The number of fused-ring (bicyclic) bond motifs is 1. The lowest BCUT2D eigenvalue weighted by atomic mass is 10.1. The molecule has 0 bridgehead atoms. The highest BCUT2D eigenvalue weighted by atomic mass is 16.5. The van der Waals surface area contributed by atoms with Crippen molar-refractivity contribution in [1.82, 2.24) is 14.5 Å². The summed E-state index contributed by atoms with van der Waals surface area (Å²) in [4.78, 5) is 19.2. The molecule has 0 radical (unpaired) electrons. The molecule has 0 aliphatic heterocycles. The Kier molecular flexibility index (Phi) is 3.74. The van der Waals surface area contributed by atoms with Crippen LogP contribution < -0.4 is 5.69 Å². The summed E-state index contributed by atoms with van der Waals surface area (Å²) in [6.45, 7) is 7.92. The molecule has 5 heteroatoms. The lowest BCUT2D eigenvalue weighted by Gasteiger charge is -2.14. The number of pyridine rings is 1. The highest BCUT2D eigenvalue weighted by Crippen LogP contribution is 2.21. The van der Waals surface area contributed by atoms with E-state index in [1.807, 2.05) is 0 Å². The number of H-pyrrole nitrogens is 1. The van der Waals surface area contributed by atoms with Gasteiger partial charge in [0.2, 0.25) is 0 Å². The van der Waals surface area contributed by atoms with Crippen LogP contribution in [0.2, 0.25) is 0 Å². The number of methoxy groups -OCH3 is 1. The fourth-order valence-electron chi connectivity index (χ4n) is 2.30. The molecule has 2 rings (SSSR count). The van der Waals surface area contributed by atoms with Crippen molar-refractivity contribution in [3.63, 3.8) is 0 Å². The molecule has 0 aromatic carbocycles. The molecule has 2 aromatic rings. The number of nitrogens with one attached hydrogen (secondary N) is 1. The third-order valence-corrected chi connectivity index (χ3v) is 3.44. The maximum absolute atomic E-state index is 12.1. The molecule has 102 valence electrons. The van der Waals surface area contributed by atoms with E-state index in [1.165, 1.54) is 0 Å². The summed E-state index contributed by atoms with van der Waals surface area (Å²) in [5.41, 5.74) is 2.13. The quantitative estimate of drug-likeness (QED) is 0.842. The van der Waals surface area contributed by atoms with Gasteiger partial charge in [0.05, 0.1) is 24.3 Å². The van der Waals surface area contributed by atoms with Crippen LogP contribution in [0.4, 0.5) is 0 Å². The molecule has 0 unspecified atom stereocenters. The zero-order valence-electron chi connectivity index (χ0n) is 11.6. The molecule has 2 aromatic heterocycles. The van der Waals surface area contributed by atoms with E-state index in [4.69, 9.17) is 4.74 Å². The molecule has 0 saturated heterocycles. The van der Waals surface area contributed by atoms with Crippen LogP contribution in [-0.4, -0.2) is 21.6 Å². The van der Waals surface area contributed by atoms with Crippen molar-refractivity contribution in [3.05, 3.63) is 35.0 Å². The van der Waals surface area contributed by atoms with Crippen LogP contribution in [-0.2, 0) is 4.74 Å². The molecule has 0 fully saturated rings. The van der Waals surface area contributed by atoms with Crippen molar-refractivity contribution in [2.45, 2.75) is 32.7 Å². The summed E-state index contributed by atoms with van der Waals surface area (Å²) in [6, 6.07) is 1.99. The topological polar surface area (TPSA) is 59.9 Å². The van der Waals surface area contributed by atoms with Gasteiger partial charge in [-0.1, -0.05) is 20.4 Å². The molecular weight excluding hydrogens is 242 g/mol. The van der Waals surface area contributed by atoms with Gasteiger partial charge in [-0.25, -0.2) is 4.79 Å². The van der Waals surface area contributed by atoms with Crippen molar-refractivity contribution in [2.24, 2.45) is 0 Å². The molecule has 0 aliphatic rings. The Morgan fingerprint density at radius 3 is 2.79 bits per heavy atom. The predicted molar refractivity (Wildman–Crippen MR) is 76.0 cm³/mol. The minimum Gasteiger partial charge on any atom is -0.495 e. The Hall–Kier alpha value is -2.04. The van der Waals surface area contributed by atoms with Gasteiger partial charge in [-0.3, -0.25) is 9.55 Å². The van der Waals surface area contributed by atoms with E-state index in [9.17, 15) is 4.79 Å². The second-order valence-electron chi connectivity index (χ2n) is 4.48. The Balaban J connectivity index is 2.60. The molecule has 2 heterocycles. The van der Waals surface area contributed by atoms with Gasteiger partial charge in [0.25, 0.3) is 0 Å². The summed E-state index contributed by atoms with van der Waals surface area (Å²) in [5, 5.41) is 0. The lowest BCUT2D eigenvalue weighted by molar-refractivity contribution is 0.369. The van der Waals surface area contributed by atoms with E-state index in [1.54, 1.807) is 23.9 Å². The number of imidazole rings is 1. The molecular formula is C14H19N3O2. The third kappa shape index (κ3) is 2.28. The maximum Gasteiger partial charge on any atom is 0.326 e. The monoisotopic (exact) mass is 261 g/mol. The third-order valence-electron chi connectivity index (χ3n) is 3.44. The van der Waals surface area contributed by atoms with Crippen LogP contribution in [0.15, 0.2) is 23.6 Å². The first kappa shape index (κ1) is 13.4. The van der Waals surface area contributed by atoms with Gasteiger partial charge in [-0.2, -0.15) is 0 Å². The summed E-state index contributed by atoms with van der Waals surface area (Å²) < 4.78 is 6.84. The Morgan fingerprint density at radius 1 is 1.53 bits per heavy atom. The molecule has 0 amide bonds. The van der Waals surface area contributed by atoms with Crippen molar-refractivity contribution in [3.8, 4) is 0 Å². The van der Waals surface area contributed by atoms with Gasteiger partial charge < -0.3 is 9.72 Å². The van der Waals surface area contributed by atoms with E-state index in [-0.39, 0.29) is 11.7 Å². The first-order valence-electron chi connectivity index (χ1n) is 6.45. The van der Waals surface area contributed by atoms with Crippen molar-refractivity contribution < 1.29 is 4.74 Å². The average molecular weight is 261 g/mol. The van der Waals surface area contributed by atoms with E-state index < -0.39 is 0 Å². The highest BCUT2D eigenvalue weighted by Gasteiger charge is 2.15. The van der Waals surface area contributed by atoms with Crippen molar-refractivity contribution in [1.29, 1.82) is 0 Å². The van der Waals surface area contributed by atoms with Crippen LogP contribution in [0.25, 0.3) is 16.8 Å². The first-order valence-corrected chi connectivity index (χ1v) is 6.45. The number of ether oxygens (including phenoxy) is 1. The average Bonchev–Trinajstić information content (AvgIpc) is 2.75. The SMILES string of the molecule is C=C(OC)c1cc2[nH]c(=O)n(C(CC)CC)c2cn1. The van der Waals surface area contributed by atoms with Gasteiger partial charge in [0, 0.05) is 6.04 Å². The normalized spacial score (nSPS) is 11.2. The van der Waals surface area contributed by atoms with Crippen LogP contribution >= 0.6 is 0 Å². The molecule has 0 spiro atoms. The largest absolute Gasteiger partial charge is 0.495 e. The predicted octanol–water partition coefficient (Wildman–Crippen LogP) is 2.70. The Morgan fingerprint density at radius 2 is 2.21 bits per heavy atom. The van der Waals surface area contributed by atoms with Crippen LogP contribution in [0, 0.1) is 0 Å². The standard InChI is InChI=1S/C14H19N3O2/c1-5-10(6-2)17-13-8-15-11(9(3)19-4)7-12(13)16-14(17)18/h7-8,10H,3,5-6H2,1-2,4H3,(H,16,18). The number of hydrogen-bond acceptors (Lipinski definition) is 3. The molecule has 0 aliphatic carbocycles. The van der Waals surface area contributed by atoms with Gasteiger partial charge in [0.15, 0.2) is 0 Å². The number of aromatic amines is 1. The minimum atomic E-state index is -0.0920. The molecule has 1 N–H and O–H groups in total. The highest BCUT2D eigenvalue weighted by molar-refractivity contribution is 5.77. The second-order valence-corrected chi connectivity index (χ2v) is 4.48. The zero-order valence-corrected chi connectivity index (χ0v) is 11.6. The zero-order chi connectivity index (χ0) is 14.0. The fourth-order valence-corrected chi connectivity index (χ4v) is 2.30. The molecule has 0 saturated carbocycles. The number of rotatable bonds is 5. The Bertz CT molecular complexity index is 650.